The maximum absolute atomic E-state index is 13.4. The van der Waals surface area contributed by atoms with Crippen LogP contribution in [0.3, 0.4) is 0 Å². The summed E-state index contributed by atoms with van der Waals surface area (Å²) in [5, 5.41) is 18.3. The van der Waals surface area contributed by atoms with Crippen molar-refractivity contribution in [2.24, 2.45) is 5.92 Å². The zero-order chi connectivity index (χ0) is 15.4. The highest BCUT2D eigenvalue weighted by Gasteiger charge is 2.30. The Kier molecular flexibility index (Phi) is 4.94. The molecule has 112 valence electrons. The Hall–Kier alpha value is -1.90. The first-order valence-electron chi connectivity index (χ1n) is 6.89. The number of halogens is 1. The number of amides is 1. The summed E-state index contributed by atoms with van der Waals surface area (Å²) in [6.45, 7) is 2.38. The van der Waals surface area contributed by atoms with Crippen molar-refractivity contribution in [3.05, 3.63) is 35.1 Å². The summed E-state index contributed by atoms with van der Waals surface area (Å²) in [5.41, 5.74) is 0.595. The molecule has 1 fully saturated rings. The Labute approximate surface area is 123 Å². The number of hydrogen-bond acceptors (Lipinski definition) is 3. The lowest BCUT2D eigenvalue weighted by molar-refractivity contribution is 0.0761. The number of carbonyl (C=O) groups is 1. The highest BCUT2D eigenvalue weighted by molar-refractivity contribution is 5.97. The van der Waals surface area contributed by atoms with Crippen LogP contribution in [0, 0.1) is 23.6 Å². The van der Waals surface area contributed by atoms with E-state index in [0.29, 0.717) is 18.7 Å². The third kappa shape index (κ3) is 3.60. The Balaban J connectivity index is 2.25. The fourth-order valence-corrected chi connectivity index (χ4v) is 2.47. The molecule has 0 aromatic heterocycles. The summed E-state index contributed by atoms with van der Waals surface area (Å²) in [6, 6.07) is 3.84. The van der Waals surface area contributed by atoms with E-state index >= 15 is 0 Å². The number of hydrogen-bond donors (Lipinski definition) is 2. The number of nitrogens with zero attached hydrogens (tertiary/aromatic N) is 1. The van der Waals surface area contributed by atoms with Crippen molar-refractivity contribution in [2.45, 2.75) is 19.4 Å². The second-order valence-electron chi connectivity index (χ2n) is 5.19. The largest absolute Gasteiger partial charge is 0.393 e. The SMILES string of the molecule is CC(O)C1CCN(C(=O)c2cc(F)ccc2C#CCO)C1. The maximum atomic E-state index is 13.4. The molecule has 0 bridgehead atoms. The Bertz CT molecular complexity index is 589. The third-order valence-electron chi connectivity index (χ3n) is 3.71. The van der Waals surface area contributed by atoms with Gasteiger partial charge in [0.25, 0.3) is 5.91 Å². The average molecular weight is 291 g/mol. The molecule has 1 heterocycles. The molecule has 2 unspecified atom stereocenters. The van der Waals surface area contributed by atoms with Gasteiger partial charge in [-0.1, -0.05) is 11.8 Å². The van der Waals surface area contributed by atoms with E-state index in [0.717, 1.165) is 6.42 Å². The van der Waals surface area contributed by atoms with Crippen LogP contribution in [0.5, 0.6) is 0 Å². The topological polar surface area (TPSA) is 60.8 Å². The van der Waals surface area contributed by atoms with E-state index in [9.17, 15) is 14.3 Å². The minimum Gasteiger partial charge on any atom is -0.393 e. The number of likely N-dealkylation sites (tertiary alicyclic amines) is 1. The standard InChI is InChI=1S/C16H18FNO3/c1-11(20)13-6-7-18(10-13)16(21)15-9-14(17)5-4-12(15)3-2-8-19/h4-5,9,11,13,19-20H,6-8,10H2,1H3. The van der Waals surface area contributed by atoms with Crippen LogP contribution >= 0.6 is 0 Å². The maximum Gasteiger partial charge on any atom is 0.255 e. The normalized spacial score (nSPS) is 19.0. The predicted molar refractivity (Wildman–Crippen MR) is 76.1 cm³/mol. The summed E-state index contributed by atoms with van der Waals surface area (Å²) in [4.78, 5) is 14.1. The van der Waals surface area contributed by atoms with Crippen molar-refractivity contribution in [1.29, 1.82) is 0 Å². The van der Waals surface area contributed by atoms with E-state index in [4.69, 9.17) is 5.11 Å². The molecule has 2 rings (SSSR count). The lowest BCUT2D eigenvalue weighted by atomic mass is 10.0. The predicted octanol–water partition coefficient (Wildman–Crippen LogP) is 1.01. The van der Waals surface area contributed by atoms with Gasteiger partial charge in [0, 0.05) is 24.6 Å². The molecule has 1 amide bonds. The summed E-state index contributed by atoms with van der Waals surface area (Å²) in [7, 11) is 0. The minimum atomic E-state index is -0.501. The van der Waals surface area contributed by atoms with Crippen molar-refractivity contribution in [3.8, 4) is 11.8 Å². The minimum absolute atomic E-state index is 0.0504. The van der Waals surface area contributed by atoms with Crippen molar-refractivity contribution < 1.29 is 19.4 Å². The van der Waals surface area contributed by atoms with Gasteiger partial charge in [-0.3, -0.25) is 4.79 Å². The Morgan fingerprint density at radius 2 is 2.33 bits per heavy atom. The second kappa shape index (κ2) is 6.70. The Morgan fingerprint density at radius 3 is 2.95 bits per heavy atom. The van der Waals surface area contributed by atoms with E-state index in [1.54, 1.807) is 11.8 Å². The van der Waals surface area contributed by atoms with Gasteiger partial charge >= 0.3 is 0 Å². The fourth-order valence-electron chi connectivity index (χ4n) is 2.47. The molecule has 2 N–H and O–H groups in total. The molecule has 5 heteroatoms. The summed E-state index contributed by atoms with van der Waals surface area (Å²) < 4.78 is 13.4. The molecule has 2 atom stereocenters. The Morgan fingerprint density at radius 1 is 1.57 bits per heavy atom. The van der Waals surface area contributed by atoms with E-state index in [1.165, 1.54) is 18.2 Å². The summed E-state index contributed by atoms with van der Waals surface area (Å²) in [5.74, 6) is 4.39. The highest BCUT2D eigenvalue weighted by atomic mass is 19.1. The number of rotatable bonds is 2. The van der Waals surface area contributed by atoms with Crippen LogP contribution in [0.15, 0.2) is 18.2 Å². The van der Waals surface area contributed by atoms with Gasteiger partial charge in [-0.2, -0.15) is 0 Å². The number of aliphatic hydroxyl groups excluding tert-OH is 2. The lowest BCUT2D eigenvalue weighted by Gasteiger charge is -2.18. The molecule has 1 aliphatic rings. The molecule has 1 aromatic rings. The van der Waals surface area contributed by atoms with Crippen molar-refractivity contribution >= 4 is 5.91 Å². The molecule has 21 heavy (non-hydrogen) atoms. The van der Waals surface area contributed by atoms with Crippen LogP contribution in [-0.2, 0) is 0 Å². The van der Waals surface area contributed by atoms with Crippen LogP contribution in [0.25, 0.3) is 0 Å². The van der Waals surface area contributed by atoms with Crippen molar-refractivity contribution in [1.82, 2.24) is 4.90 Å². The summed E-state index contributed by atoms with van der Waals surface area (Å²) in [6.07, 6.45) is 0.264. The van der Waals surface area contributed by atoms with Gasteiger partial charge in [-0.05, 0) is 31.5 Å². The van der Waals surface area contributed by atoms with Crippen LogP contribution in [-0.4, -0.2) is 46.8 Å². The fraction of sp³-hybridized carbons (Fsp3) is 0.438. The molecule has 0 saturated carbocycles. The number of benzene rings is 1. The van der Waals surface area contributed by atoms with Crippen molar-refractivity contribution in [2.75, 3.05) is 19.7 Å². The number of aliphatic hydroxyl groups is 2. The highest BCUT2D eigenvalue weighted by Crippen LogP contribution is 2.23. The molecule has 4 nitrogen and oxygen atoms in total. The van der Waals surface area contributed by atoms with Crippen LogP contribution in [0.2, 0.25) is 0 Å². The van der Waals surface area contributed by atoms with E-state index in [2.05, 4.69) is 11.8 Å². The molecule has 1 aliphatic heterocycles. The first-order chi connectivity index (χ1) is 10.0. The van der Waals surface area contributed by atoms with Gasteiger partial charge in [-0.25, -0.2) is 4.39 Å². The monoisotopic (exact) mass is 291 g/mol. The van der Waals surface area contributed by atoms with Crippen LogP contribution in [0.4, 0.5) is 4.39 Å². The summed E-state index contributed by atoms with van der Waals surface area (Å²) >= 11 is 0. The van der Waals surface area contributed by atoms with Gasteiger partial charge in [-0.15, -0.1) is 0 Å². The van der Waals surface area contributed by atoms with Gasteiger partial charge in [0.2, 0.25) is 0 Å². The molecule has 0 aliphatic carbocycles. The lowest BCUT2D eigenvalue weighted by Crippen LogP contribution is -2.31. The van der Waals surface area contributed by atoms with Crippen LogP contribution in [0.1, 0.15) is 29.3 Å². The molecular weight excluding hydrogens is 273 g/mol. The molecule has 1 saturated heterocycles. The quantitative estimate of drug-likeness (QED) is 0.800. The first kappa shape index (κ1) is 15.5. The zero-order valence-electron chi connectivity index (χ0n) is 11.8. The average Bonchev–Trinajstić information content (AvgIpc) is 2.95. The van der Waals surface area contributed by atoms with Gasteiger partial charge in [0.05, 0.1) is 11.7 Å². The van der Waals surface area contributed by atoms with Gasteiger partial charge < -0.3 is 15.1 Å². The van der Waals surface area contributed by atoms with Gasteiger partial charge in [0.15, 0.2) is 0 Å². The molecule has 0 spiro atoms. The molecule has 0 radical (unpaired) electrons. The first-order valence-corrected chi connectivity index (χ1v) is 6.89. The third-order valence-corrected chi connectivity index (χ3v) is 3.71. The van der Waals surface area contributed by atoms with Gasteiger partial charge in [0.1, 0.15) is 12.4 Å². The molecule has 1 aromatic carbocycles. The van der Waals surface area contributed by atoms with E-state index in [-0.39, 0.29) is 24.0 Å². The van der Waals surface area contributed by atoms with E-state index < -0.39 is 11.9 Å². The second-order valence-corrected chi connectivity index (χ2v) is 5.19. The van der Waals surface area contributed by atoms with Crippen LogP contribution < -0.4 is 0 Å². The molecular formula is C16H18FNO3. The number of carbonyl (C=O) groups excluding carboxylic acids is 1. The smallest absolute Gasteiger partial charge is 0.255 e. The van der Waals surface area contributed by atoms with E-state index in [1.807, 2.05) is 0 Å². The van der Waals surface area contributed by atoms with Crippen molar-refractivity contribution in [3.63, 3.8) is 0 Å². The zero-order valence-corrected chi connectivity index (χ0v) is 11.8.